The molecule has 2 atom stereocenters. The van der Waals surface area contributed by atoms with Gasteiger partial charge in [-0.3, -0.25) is 0 Å². The van der Waals surface area contributed by atoms with Crippen molar-refractivity contribution < 1.29 is 0 Å². The molecule has 1 heteroatoms. The molecule has 0 aromatic rings. The van der Waals surface area contributed by atoms with Gasteiger partial charge in [-0.15, -0.1) is 0 Å². The molecule has 1 aliphatic rings. The van der Waals surface area contributed by atoms with Crippen molar-refractivity contribution in [2.45, 2.75) is 72.3 Å². The normalized spacial score (nSPS) is 24.2. The highest BCUT2D eigenvalue weighted by molar-refractivity contribution is 4.80. The Morgan fingerprint density at radius 1 is 1.19 bits per heavy atom. The molecule has 1 saturated heterocycles. The van der Waals surface area contributed by atoms with Crippen LogP contribution in [0.3, 0.4) is 0 Å². The number of unbranched alkanes of at least 4 members (excludes halogenated alkanes) is 2. The Balaban J connectivity index is 2.18. The van der Waals surface area contributed by atoms with E-state index in [9.17, 15) is 0 Å². The molecule has 0 spiro atoms. The first-order valence-corrected chi connectivity index (χ1v) is 7.37. The van der Waals surface area contributed by atoms with E-state index in [1.807, 2.05) is 0 Å². The summed E-state index contributed by atoms with van der Waals surface area (Å²) in [6.07, 6.45) is 8.45. The second-order valence-corrected chi connectivity index (χ2v) is 6.12. The van der Waals surface area contributed by atoms with E-state index < -0.39 is 0 Å². The number of likely N-dealkylation sites (tertiary alicyclic amines) is 1. The second kappa shape index (κ2) is 7.32. The summed E-state index contributed by atoms with van der Waals surface area (Å²) in [6.45, 7) is 12.1. The molecule has 1 aliphatic heterocycles. The topological polar surface area (TPSA) is 3.24 Å². The quantitative estimate of drug-likeness (QED) is 0.583. The molecule has 2 unspecified atom stereocenters. The Hall–Kier alpha value is -0.0400. The molecule has 0 aromatic heterocycles. The van der Waals surface area contributed by atoms with Crippen molar-refractivity contribution in [1.29, 1.82) is 0 Å². The van der Waals surface area contributed by atoms with E-state index in [-0.39, 0.29) is 0 Å². The number of hydrogen-bond acceptors (Lipinski definition) is 1. The van der Waals surface area contributed by atoms with Gasteiger partial charge in [-0.1, -0.05) is 40.0 Å². The predicted molar refractivity (Wildman–Crippen MR) is 72.7 cm³/mol. The van der Waals surface area contributed by atoms with Crippen LogP contribution in [0.25, 0.3) is 0 Å². The average molecular weight is 225 g/mol. The van der Waals surface area contributed by atoms with Crippen LogP contribution in [0.5, 0.6) is 0 Å². The van der Waals surface area contributed by atoms with Crippen molar-refractivity contribution in [3.8, 4) is 0 Å². The van der Waals surface area contributed by atoms with E-state index in [2.05, 4.69) is 32.6 Å². The van der Waals surface area contributed by atoms with Crippen LogP contribution in [0.1, 0.15) is 66.2 Å². The summed E-state index contributed by atoms with van der Waals surface area (Å²) in [5.74, 6) is 1.86. The van der Waals surface area contributed by atoms with Gasteiger partial charge in [-0.05, 0) is 44.6 Å². The van der Waals surface area contributed by atoms with Crippen molar-refractivity contribution in [2.24, 2.45) is 11.8 Å². The van der Waals surface area contributed by atoms with Gasteiger partial charge in [-0.25, -0.2) is 0 Å². The first kappa shape index (κ1) is 14.0. The van der Waals surface area contributed by atoms with Gasteiger partial charge in [0.15, 0.2) is 0 Å². The summed E-state index contributed by atoms with van der Waals surface area (Å²) < 4.78 is 0. The van der Waals surface area contributed by atoms with Crippen LogP contribution in [0.15, 0.2) is 0 Å². The highest BCUT2D eigenvalue weighted by Crippen LogP contribution is 2.25. The van der Waals surface area contributed by atoms with Crippen LogP contribution >= 0.6 is 0 Å². The molecule has 0 aliphatic carbocycles. The molecule has 16 heavy (non-hydrogen) atoms. The van der Waals surface area contributed by atoms with Crippen molar-refractivity contribution in [1.82, 2.24) is 4.90 Å². The standard InChI is InChI=1S/C15H31N/c1-5-6-7-8-14(4)16-10-9-15(12-16)11-13(2)3/h13-15H,5-12H2,1-4H3. The third-order valence-corrected chi connectivity index (χ3v) is 3.97. The summed E-state index contributed by atoms with van der Waals surface area (Å²) in [4.78, 5) is 2.72. The number of hydrogen-bond donors (Lipinski definition) is 0. The molecule has 0 saturated carbocycles. The number of rotatable bonds is 7. The lowest BCUT2D eigenvalue weighted by Gasteiger charge is -2.24. The van der Waals surface area contributed by atoms with Crippen molar-refractivity contribution in [2.75, 3.05) is 13.1 Å². The highest BCUT2D eigenvalue weighted by Gasteiger charge is 2.25. The Bertz CT molecular complexity index is 176. The largest absolute Gasteiger partial charge is 0.300 e. The fourth-order valence-electron chi connectivity index (χ4n) is 2.99. The van der Waals surface area contributed by atoms with Gasteiger partial charge in [0.05, 0.1) is 0 Å². The summed E-state index contributed by atoms with van der Waals surface area (Å²) in [5.41, 5.74) is 0. The van der Waals surface area contributed by atoms with Gasteiger partial charge in [0.2, 0.25) is 0 Å². The minimum atomic E-state index is 0.823. The lowest BCUT2D eigenvalue weighted by atomic mass is 9.96. The monoisotopic (exact) mass is 225 g/mol. The second-order valence-electron chi connectivity index (χ2n) is 6.12. The maximum atomic E-state index is 2.72. The summed E-state index contributed by atoms with van der Waals surface area (Å²) in [5, 5.41) is 0. The van der Waals surface area contributed by atoms with E-state index in [4.69, 9.17) is 0 Å². The van der Waals surface area contributed by atoms with E-state index in [1.165, 1.54) is 51.6 Å². The Labute approximate surface area is 103 Å². The van der Waals surface area contributed by atoms with Gasteiger partial charge in [0.1, 0.15) is 0 Å². The SMILES string of the molecule is CCCCCC(C)N1CCC(CC(C)C)C1. The molecule has 0 bridgehead atoms. The third-order valence-electron chi connectivity index (χ3n) is 3.97. The van der Waals surface area contributed by atoms with Crippen LogP contribution < -0.4 is 0 Å². The van der Waals surface area contributed by atoms with E-state index >= 15 is 0 Å². The Kier molecular flexibility index (Phi) is 6.41. The van der Waals surface area contributed by atoms with Gasteiger partial charge in [0, 0.05) is 12.6 Å². The first-order chi connectivity index (χ1) is 7.63. The van der Waals surface area contributed by atoms with E-state index in [0.29, 0.717) is 0 Å². The van der Waals surface area contributed by atoms with E-state index in [0.717, 1.165) is 17.9 Å². The molecule has 1 rings (SSSR count). The Morgan fingerprint density at radius 3 is 2.56 bits per heavy atom. The van der Waals surface area contributed by atoms with Crippen molar-refractivity contribution in [3.63, 3.8) is 0 Å². The van der Waals surface area contributed by atoms with E-state index in [1.54, 1.807) is 0 Å². The number of nitrogens with zero attached hydrogens (tertiary/aromatic N) is 1. The zero-order chi connectivity index (χ0) is 12.0. The highest BCUT2D eigenvalue weighted by atomic mass is 15.2. The summed E-state index contributed by atoms with van der Waals surface area (Å²) >= 11 is 0. The van der Waals surface area contributed by atoms with Crippen LogP contribution in [0, 0.1) is 11.8 Å². The van der Waals surface area contributed by atoms with Crippen molar-refractivity contribution >= 4 is 0 Å². The molecule has 1 nitrogen and oxygen atoms in total. The fraction of sp³-hybridized carbons (Fsp3) is 1.00. The van der Waals surface area contributed by atoms with Crippen LogP contribution in [0.2, 0.25) is 0 Å². The van der Waals surface area contributed by atoms with Gasteiger partial charge in [-0.2, -0.15) is 0 Å². The van der Waals surface area contributed by atoms with Crippen LogP contribution in [-0.2, 0) is 0 Å². The molecule has 0 aromatic carbocycles. The minimum absolute atomic E-state index is 0.823. The maximum absolute atomic E-state index is 2.72. The zero-order valence-electron chi connectivity index (χ0n) is 11.8. The minimum Gasteiger partial charge on any atom is -0.300 e. The summed E-state index contributed by atoms with van der Waals surface area (Å²) in [6, 6.07) is 0.823. The third kappa shape index (κ3) is 4.86. The van der Waals surface area contributed by atoms with Crippen LogP contribution in [-0.4, -0.2) is 24.0 Å². The van der Waals surface area contributed by atoms with Gasteiger partial charge in [0.25, 0.3) is 0 Å². The molecule has 96 valence electrons. The van der Waals surface area contributed by atoms with Crippen molar-refractivity contribution in [3.05, 3.63) is 0 Å². The first-order valence-electron chi connectivity index (χ1n) is 7.37. The maximum Gasteiger partial charge on any atom is 0.00670 e. The Morgan fingerprint density at radius 2 is 1.94 bits per heavy atom. The van der Waals surface area contributed by atoms with Crippen LogP contribution in [0.4, 0.5) is 0 Å². The molecule has 1 fully saturated rings. The zero-order valence-corrected chi connectivity index (χ0v) is 11.8. The molecular formula is C15H31N. The molecule has 0 N–H and O–H groups in total. The van der Waals surface area contributed by atoms with Gasteiger partial charge < -0.3 is 4.90 Å². The molecule has 0 radical (unpaired) electrons. The smallest absolute Gasteiger partial charge is 0.00670 e. The molecule has 1 heterocycles. The molecule has 0 amide bonds. The fourth-order valence-corrected chi connectivity index (χ4v) is 2.99. The molecular weight excluding hydrogens is 194 g/mol. The predicted octanol–water partition coefficient (Wildman–Crippen LogP) is 4.32. The summed E-state index contributed by atoms with van der Waals surface area (Å²) in [7, 11) is 0. The lowest BCUT2D eigenvalue weighted by Crippen LogP contribution is -2.31. The lowest BCUT2D eigenvalue weighted by molar-refractivity contribution is 0.229. The average Bonchev–Trinajstić information content (AvgIpc) is 2.65. The van der Waals surface area contributed by atoms with Gasteiger partial charge >= 0.3 is 0 Å².